The predicted molar refractivity (Wildman–Crippen MR) is 107 cm³/mol. The van der Waals surface area contributed by atoms with Crippen LogP contribution in [-0.4, -0.2) is 72.5 Å². The number of aliphatic carboxylic acids is 1. The van der Waals surface area contributed by atoms with Crippen molar-refractivity contribution in [2.75, 3.05) is 26.9 Å². The molecule has 6 aliphatic rings. The number of carboxylic acid groups (broad SMARTS) is 1. The highest BCUT2D eigenvalue weighted by Gasteiger charge is 2.84. The minimum atomic E-state index is -1.65. The molecular formula is C23H25NO8. The summed E-state index contributed by atoms with van der Waals surface area (Å²) >= 11 is 0. The fraction of sp³-hybridized carbons (Fsp3) is 0.652. The van der Waals surface area contributed by atoms with Gasteiger partial charge in [0.05, 0.1) is 26.4 Å². The third-order valence-electron chi connectivity index (χ3n) is 8.46. The maximum atomic E-state index is 13.4. The number of benzene rings is 1. The molecule has 1 aromatic carbocycles. The molecule has 32 heavy (non-hydrogen) atoms. The Kier molecular flexibility index (Phi) is 3.49. The number of rotatable bonds is 4. The Morgan fingerprint density at radius 3 is 2.72 bits per heavy atom. The molecule has 0 aromatic heterocycles. The first-order valence-corrected chi connectivity index (χ1v) is 11.3. The number of carboxylic acids is 1. The van der Waals surface area contributed by atoms with Gasteiger partial charge in [-0.3, -0.25) is 4.79 Å². The van der Waals surface area contributed by atoms with E-state index in [2.05, 4.69) is 0 Å². The predicted octanol–water partition coefficient (Wildman–Crippen LogP) is 1.84. The van der Waals surface area contributed by atoms with Crippen LogP contribution in [0.1, 0.15) is 36.8 Å². The van der Waals surface area contributed by atoms with Crippen LogP contribution in [0.25, 0.3) is 0 Å². The van der Waals surface area contributed by atoms with E-state index in [0.717, 1.165) is 18.4 Å². The Bertz CT molecular complexity index is 1050. The summed E-state index contributed by atoms with van der Waals surface area (Å²) in [5.41, 5.74) is -1.52. The summed E-state index contributed by atoms with van der Waals surface area (Å²) in [6, 6.07) is 3.32. The number of methoxy groups -OCH3 is 1. The fourth-order valence-corrected chi connectivity index (χ4v) is 7.02. The Labute approximate surface area is 184 Å². The Balaban J connectivity index is 1.51. The van der Waals surface area contributed by atoms with Crippen molar-refractivity contribution >= 4 is 12.1 Å². The molecule has 1 N–H and O–H groups in total. The first-order valence-electron chi connectivity index (χ1n) is 11.3. The van der Waals surface area contributed by atoms with Gasteiger partial charge < -0.3 is 33.7 Å². The molecule has 0 radical (unpaired) electrons. The second kappa shape index (κ2) is 5.88. The van der Waals surface area contributed by atoms with E-state index in [1.165, 1.54) is 7.11 Å². The second-order valence-electron chi connectivity index (χ2n) is 9.82. The van der Waals surface area contributed by atoms with Crippen LogP contribution in [0.2, 0.25) is 0 Å². The third kappa shape index (κ3) is 1.95. The monoisotopic (exact) mass is 443 g/mol. The van der Waals surface area contributed by atoms with E-state index < -0.39 is 35.0 Å². The van der Waals surface area contributed by atoms with Crippen molar-refractivity contribution in [2.24, 2.45) is 5.92 Å². The molecule has 9 nitrogen and oxygen atoms in total. The topological polar surface area (TPSA) is 104 Å². The number of amides is 1. The zero-order valence-electron chi connectivity index (χ0n) is 17.8. The lowest BCUT2D eigenvalue weighted by Crippen LogP contribution is -2.77. The van der Waals surface area contributed by atoms with E-state index in [0.29, 0.717) is 62.0 Å². The van der Waals surface area contributed by atoms with Crippen molar-refractivity contribution in [2.45, 2.75) is 61.1 Å². The SMILES string of the molecule is COc1ccc2c3c1OC1C4(CC[C@]5(OC(=O)N(CC6CC6)[C@@H]5C2)[C@@]31C(=O)O)OCCO4. The summed E-state index contributed by atoms with van der Waals surface area (Å²) in [7, 11) is 1.53. The Morgan fingerprint density at radius 1 is 1.25 bits per heavy atom. The van der Waals surface area contributed by atoms with Crippen molar-refractivity contribution in [3.8, 4) is 11.5 Å². The number of nitrogens with zero attached hydrogens (tertiary/aromatic N) is 1. The van der Waals surface area contributed by atoms with Crippen molar-refractivity contribution < 1.29 is 38.4 Å². The molecule has 4 fully saturated rings. The van der Waals surface area contributed by atoms with Gasteiger partial charge in [0.25, 0.3) is 0 Å². The number of ether oxygens (including phenoxy) is 5. The average molecular weight is 443 g/mol. The lowest BCUT2D eigenvalue weighted by Gasteiger charge is -2.56. The van der Waals surface area contributed by atoms with Crippen LogP contribution < -0.4 is 9.47 Å². The van der Waals surface area contributed by atoms with Gasteiger partial charge in [-0.15, -0.1) is 0 Å². The standard InChI is InChI=1S/C23H25NO8/c1-28-14-5-4-13-10-15-21(32-20(27)24(15)11-12-2-3-12)6-7-22(29-8-9-30-22)18-23(21,19(25)26)16(13)17(14)31-18/h4-5,12,15,18H,2-3,6-11H2,1H3,(H,25,26)/t15-,18?,21-,23+/m1/s1. The van der Waals surface area contributed by atoms with Gasteiger partial charge in [0.1, 0.15) is 0 Å². The molecule has 9 heteroatoms. The zero-order chi connectivity index (χ0) is 21.9. The normalized spacial score (nSPS) is 37.7. The highest BCUT2D eigenvalue weighted by atomic mass is 16.8. The summed E-state index contributed by atoms with van der Waals surface area (Å²) < 4.78 is 30.3. The maximum Gasteiger partial charge on any atom is 0.410 e. The van der Waals surface area contributed by atoms with Gasteiger partial charge in [-0.05, 0) is 43.2 Å². The van der Waals surface area contributed by atoms with E-state index in [1.54, 1.807) is 11.0 Å². The van der Waals surface area contributed by atoms with E-state index in [9.17, 15) is 14.7 Å². The van der Waals surface area contributed by atoms with Crippen LogP contribution in [0.5, 0.6) is 11.5 Å². The molecule has 2 saturated carbocycles. The quantitative estimate of drug-likeness (QED) is 0.752. The molecule has 4 atom stereocenters. The molecule has 1 unspecified atom stereocenters. The Hall–Kier alpha value is -2.52. The van der Waals surface area contributed by atoms with E-state index in [1.807, 2.05) is 6.07 Å². The Morgan fingerprint density at radius 2 is 2.03 bits per heavy atom. The highest BCUT2D eigenvalue weighted by molar-refractivity contribution is 5.92. The first kappa shape index (κ1) is 19.0. The number of hydrogen-bond acceptors (Lipinski definition) is 7. The molecule has 3 heterocycles. The van der Waals surface area contributed by atoms with Crippen LogP contribution in [0, 0.1) is 5.92 Å². The molecule has 7 rings (SSSR count). The number of fused-ring (bicyclic) bond motifs is 1. The number of carbonyl (C=O) groups excluding carboxylic acids is 1. The smallest absolute Gasteiger partial charge is 0.410 e. The molecule has 2 saturated heterocycles. The fourth-order valence-electron chi connectivity index (χ4n) is 7.02. The first-order chi connectivity index (χ1) is 15.5. The van der Waals surface area contributed by atoms with Crippen molar-refractivity contribution in [1.82, 2.24) is 4.90 Å². The van der Waals surface area contributed by atoms with Crippen molar-refractivity contribution in [3.05, 3.63) is 23.3 Å². The van der Waals surface area contributed by atoms with Gasteiger partial charge in [0.2, 0.25) is 5.79 Å². The molecule has 2 spiro atoms. The van der Waals surface area contributed by atoms with Crippen LogP contribution in [0.4, 0.5) is 4.79 Å². The van der Waals surface area contributed by atoms with E-state index in [4.69, 9.17) is 23.7 Å². The lowest BCUT2D eigenvalue weighted by molar-refractivity contribution is -0.275. The summed E-state index contributed by atoms with van der Waals surface area (Å²) in [4.78, 5) is 28.4. The minimum absolute atomic E-state index is 0.326. The molecule has 1 aromatic rings. The summed E-state index contributed by atoms with van der Waals surface area (Å²) in [5, 5.41) is 10.9. The molecule has 3 aliphatic heterocycles. The summed E-state index contributed by atoms with van der Waals surface area (Å²) in [6.07, 6.45) is 1.98. The zero-order valence-corrected chi connectivity index (χ0v) is 17.8. The van der Waals surface area contributed by atoms with E-state index in [-0.39, 0.29) is 6.04 Å². The average Bonchev–Trinajstić information content (AvgIpc) is 3.22. The molecule has 1 amide bonds. The van der Waals surface area contributed by atoms with Crippen LogP contribution >= 0.6 is 0 Å². The minimum Gasteiger partial charge on any atom is -0.493 e. The maximum absolute atomic E-state index is 13.4. The van der Waals surface area contributed by atoms with Gasteiger partial charge in [-0.2, -0.15) is 0 Å². The second-order valence-corrected chi connectivity index (χ2v) is 9.82. The van der Waals surface area contributed by atoms with Crippen molar-refractivity contribution in [3.63, 3.8) is 0 Å². The van der Waals surface area contributed by atoms with Gasteiger partial charge in [0, 0.05) is 18.5 Å². The number of hydrogen-bond donors (Lipinski definition) is 1. The highest BCUT2D eigenvalue weighted by Crippen LogP contribution is 2.68. The van der Waals surface area contributed by atoms with Gasteiger partial charge in [-0.25, -0.2) is 4.79 Å². The van der Waals surface area contributed by atoms with Gasteiger partial charge in [-0.1, -0.05) is 6.07 Å². The summed E-state index contributed by atoms with van der Waals surface area (Å²) in [6.45, 7) is 1.32. The molecule has 170 valence electrons. The van der Waals surface area contributed by atoms with Gasteiger partial charge in [0.15, 0.2) is 28.6 Å². The lowest BCUT2D eigenvalue weighted by atomic mass is 9.51. The number of carbonyl (C=O) groups is 2. The van der Waals surface area contributed by atoms with Crippen LogP contribution in [0.15, 0.2) is 12.1 Å². The third-order valence-corrected chi connectivity index (χ3v) is 8.46. The van der Waals surface area contributed by atoms with E-state index >= 15 is 0 Å². The molecule has 0 bridgehead atoms. The van der Waals surface area contributed by atoms with Gasteiger partial charge >= 0.3 is 12.1 Å². The molecule has 3 aliphatic carbocycles. The molecular weight excluding hydrogens is 418 g/mol. The summed E-state index contributed by atoms with van der Waals surface area (Å²) in [5.74, 6) is -0.978. The van der Waals surface area contributed by atoms with Crippen LogP contribution in [-0.2, 0) is 30.8 Å². The largest absolute Gasteiger partial charge is 0.493 e. The van der Waals surface area contributed by atoms with Crippen molar-refractivity contribution in [1.29, 1.82) is 0 Å². The van der Waals surface area contributed by atoms with Crippen LogP contribution in [0.3, 0.4) is 0 Å².